The van der Waals surface area contributed by atoms with Gasteiger partial charge in [-0.3, -0.25) is 0 Å². The summed E-state index contributed by atoms with van der Waals surface area (Å²) < 4.78 is 0. The summed E-state index contributed by atoms with van der Waals surface area (Å²) in [5.41, 5.74) is 2.35. The molecular formula is C15H16N4. The molecule has 2 saturated heterocycles. The topological polar surface area (TPSA) is 54.1 Å². The van der Waals surface area contributed by atoms with Gasteiger partial charge in [-0.15, -0.1) is 0 Å². The first-order valence-corrected chi connectivity index (χ1v) is 6.65. The summed E-state index contributed by atoms with van der Waals surface area (Å²) >= 11 is 0. The Bertz CT molecular complexity index is 551. The molecular weight excluding hydrogens is 236 g/mol. The number of nitrogens with zero attached hydrogens (tertiary/aromatic N) is 4. The van der Waals surface area contributed by atoms with Crippen LogP contribution in [0.5, 0.6) is 0 Å². The molecule has 2 aliphatic rings. The number of benzene rings is 1. The van der Waals surface area contributed by atoms with Gasteiger partial charge in [-0.2, -0.15) is 10.5 Å². The maximum atomic E-state index is 9.45. The third-order valence-electron chi connectivity index (χ3n) is 4.13. The highest BCUT2D eigenvalue weighted by molar-refractivity contribution is 5.29. The molecule has 19 heavy (non-hydrogen) atoms. The Kier molecular flexibility index (Phi) is 2.98. The van der Waals surface area contributed by atoms with Crippen molar-refractivity contribution in [3.8, 4) is 12.1 Å². The van der Waals surface area contributed by atoms with Crippen molar-refractivity contribution >= 4 is 0 Å². The van der Waals surface area contributed by atoms with E-state index in [-0.39, 0.29) is 18.0 Å². The van der Waals surface area contributed by atoms with E-state index in [1.807, 2.05) is 0 Å². The number of aryl methyl sites for hydroxylation is 1. The minimum atomic E-state index is -0.307. The fourth-order valence-electron chi connectivity index (χ4n) is 3.22. The zero-order valence-corrected chi connectivity index (χ0v) is 11.0. The normalized spacial score (nSPS) is 30.8. The number of fused-ring (bicyclic) bond motifs is 1. The SMILES string of the molecule is Cc1ccc([C@H]2[C@@H](C#N)[C@H](C#N)N3CCCN23)cc1. The second-order valence-electron chi connectivity index (χ2n) is 5.26. The average Bonchev–Trinajstić information content (AvgIpc) is 2.98. The van der Waals surface area contributed by atoms with E-state index in [1.54, 1.807) is 0 Å². The number of rotatable bonds is 1. The lowest BCUT2D eigenvalue weighted by Crippen LogP contribution is -2.35. The Morgan fingerprint density at radius 2 is 1.74 bits per heavy atom. The fourth-order valence-corrected chi connectivity index (χ4v) is 3.22. The van der Waals surface area contributed by atoms with Crippen molar-refractivity contribution in [2.75, 3.05) is 13.1 Å². The molecule has 2 heterocycles. The highest BCUT2D eigenvalue weighted by atomic mass is 15.7. The summed E-state index contributed by atoms with van der Waals surface area (Å²) in [5.74, 6) is -0.270. The quantitative estimate of drug-likeness (QED) is 0.767. The summed E-state index contributed by atoms with van der Waals surface area (Å²) in [7, 11) is 0. The second-order valence-corrected chi connectivity index (χ2v) is 5.26. The van der Waals surface area contributed by atoms with Gasteiger partial charge in [0.25, 0.3) is 0 Å². The van der Waals surface area contributed by atoms with Crippen LogP contribution < -0.4 is 0 Å². The average molecular weight is 252 g/mol. The van der Waals surface area contributed by atoms with Crippen LogP contribution in [0.25, 0.3) is 0 Å². The Morgan fingerprint density at radius 1 is 1.05 bits per heavy atom. The summed E-state index contributed by atoms with van der Waals surface area (Å²) in [4.78, 5) is 0. The minimum absolute atomic E-state index is 0.0257. The van der Waals surface area contributed by atoms with Crippen LogP contribution in [0.4, 0.5) is 0 Å². The maximum Gasteiger partial charge on any atom is 0.129 e. The molecule has 0 aliphatic carbocycles. The van der Waals surface area contributed by atoms with E-state index in [2.05, 4.69) is 53.3 Å². The molecule has 0 unspecified atom stereocenters. The van der Waals surface area contributed by atoms with E-state index in [9.17, 15) is 10.5 Å². The molecule has 1 aromatic rings. The predicted molar refractivity (Wildman–Crippen MR) is 70.5 cm³/mol. The van der Waals surface area contributed by atoms with Crippen LogP contribution >= 0.6 is 0 Å². The van der Waals surface area contributed by atoms with Gasteiger partial charge in [0, 0.05) is 13.1 Å². The maximum absolute atomic E-state index is 9.45. The molecule has 2 aliphatic heterocycles. The van der Waals surface area contributed by atoms with Gasteiger partial charge < -0.3 is 0 Å². The summed E-state index contributed by atoms with van der Waals surface area (Å²) in [6, 6.07) is 12.7. The minimum Gasteiger partial charge on any atom is -0.232 e. The van der Waals surface area contributed by atoms with E-state index >= 15 is 0 Å². The van der Waals surface area contributed by atoms with Gasteiger partial charge in [0.15, 0.2) is 0 Å². The van der Waals surface area contributed by atoms with E-state index in [4.69, 9.17) is 0 Å². The zero-order valence-electron chi connectivity index (χ0n) is 11.0. The van der Waals surface area contributed by atoms with Crippen molar-refractivity contribution in [1.82, 2.24) is 10.0 Å². The third kappa shape index (κ3) is 1.81. The van der Waals surface area contributed by atoms with Crippen LogP contribution in [-0.2, 0) is 0 Å². The molecule has 3 atom stereocenters. The standard InChI is InChI=1S/C15H16N4/c1-11-3-5-12(6-4-11)15-13(9-16)14(10-17)18-7-2-8-19(15)18/h3-6,13-15H,2,7-8H2,1H3/t13-,14-,15-/m0/s1. The van der Waals surface area contributed by atoms with Crippen molar-refractivity contribution in [3.05, 3.63) is 35.4 Å². The molecule has 96 valence electrons. The molecule has 2 fully saturated rings. The van der Waals surface area contributed by atoms with Gasteiger partial charge in [0.05, 0.1) is 24.1 Å². The molecule has 1 aromatic carbocycles. The Balaban J connectivity index is 2.01. The number of hydrazine groups is 1. The molecule has 0 saturated carbocycles. The van der Waals surface area contributed by atoms with Crippen molar-refractivity contribution in [1.29, 1.82) is 10.5 Å². The Labute approximate surface area is 113 Å². The van der Waals surface area contributed by atoms with Gasteiger partial charge >= 0.3 is 0 Å². The molecule has 0 amide bonds. The van der Waals surface area contributed by atoms with Crippen LogP contribution in [0, 0.1) is 35.5 Å². The van der Waals surface area contributed by atoms with Crippen molar-refractivity contribution < 1.29 is 0 Å². The summed E-state index contributed by atoms with van der Waals surface area (Å²) in [5, 5.41) is 23.1. The van der Waals surface area contributed by atoms with Crippen molar-refractivity contribution in [2.45, 2.75) is 25.4 Å². The Morgan fingerprint density at radius 3 is 2.37 bits per heavy atom. The van der Waals surface area contributed by atoms with Gasteiger partial charge in [-0.1, -0.05) is 29.8 Å². The van der Waals surface area contributed by atoms with E-state index < -0.39 is 0 Å². The van der Waals surface area contributed by atoms with Crippen LogP contribution in [0.15, 0.2) is 24.3 Å². The van der Waals surface area contributed by atoms with Gasteiger partial charge in [0.2, 0.25) is 0 Å². The molecule has 4 heteroatoms. The zero-order chi connectivity index (χ0) is 13.4. The van der Waals surface area contributed by atoms with E-state index in [0.717, 1.165) is 25.1 Å². The first kappa shape index (κ1) is 12.2. The summed E-state index contributed by atoms with van der Waals surface area (Å²) in [6.07, 6.45) is 1.07. The lowest BCUT2D eigenvalue weighted by atomic mass is 9.90. The van der Waals surface area contributed by atoms with Crippen LogP contribution in [-0.4, -0.2) is 29.1 Å². The number of nitriles is 2. The van der Waals surface area contributed by atoms with Crippen LogP contribution in [0.3, 0.4) is 0 Å². The first-order chi connectivity index (χ1) is 9.26. The molecule has 4 nitrogen and oxygen atoms in total. The molecule has 3 rings (SSSR count). The van der Waals surface area contributed by atoms with Crippen LogP contribution in [0.1, 0.15) is 23.6 Å². The molecule has 0 N–H and O–H groups in total. The third-order valence-corrected chi connectivity index (χ3v) is 4.13. The monoisotopic (exact) mass is 252 g/mol. The lowest BCUT2D eigenvalue weighted by molar-refractivity contribution is 0.0383. The predicted octanol–water partition coefficient (Wildman–Crippen LogP) is 2.00. The molecule has 0 bridgehead atoms. The fraction of sp³-hybridized carbons (Fsp3) is 0.467. The van der Waals surface area contributed by atoms with Gasteiger partial charge in [-0.05, 0) is 18.9 Å². The smallest absolute Gasteiger partial charge is 0.129 e. The largest absolute Gasteiger partial charge is 0.232 e. The second kappa shape index (κ2) is 4.66. The molecule has 0 spiro atoms. The highest BCUT2D eigenvalue weighted by Crippen LogP contribution is 2.43. The first-order valence-electron chi connectivity index (χ1n) is 6.65. The molecule has 0 radical (unpaired) electrons. The number of hydrogen-bond donors (Lipinski definition) is 0. The number of hydrogen-bond acceptors (Lipinski definition) is 4. The van der Waals surface area contributed by atoms with Crippen LogP contribution in [0.2, 0.25) is 0 Å². The van der Waals surface area contributed by atoms with Crippen molar-refractivity contribution in [2.24, 2.45) is 5.92 Å². The van der Waals surface area contributed by atoms with Gasteiger partial charge in [-0.25, -0.2) is 10.0 Å². The Hall–Kier alpha value is -1.88. The van der Waals surface area contributed by atoms with E-state index in [0.29, 0.717) is 0 Å². The van der Waals surface area contributed by atoms with Crippen molar-refractivity contribution in [3.63, 3.8) is 0 Å². The lowest BCUT2D eigenvalue weighted by Gasteiger charge is -2.25. The summed E-state index contributed by atoms with van der Waals surface area (Å²) in [6.45, 7) is 3.88. The molecule has 0 aromatic heterocycles. The highest BCUT2D eigenvalue weighted by Gasteiger charge is 2.50. The van der Waals surface area contributed by atoms with Gasteiger partial charge in [0.1, 0.15) is 6.04 Å². The van der Waals surface area contributed by atoms with E-state index in [1.165, 1.54) is 5.56 Å².